The molecule has 0 spiro atoms. The van der Waals surface area contributed by atoms with Gasteiger partial charge in [-0.2, -0.15) is 0 Å². The largest absolute Gasteiger partial charge is 0.396 e. The maximum absolute atomic E-state index is 9.30. The average molecular weight is 224 g/mol. The van der Waals surface area contributed by atoms with E-state index in [1.54, 1.807) is 7.11 Å². The molecule has 0 fully saturated rings. The van der Waals surface area contributed by atoms with Crippen LogP contribution in [-0.4, -0.2) is 38.6 Å². The molecule has 1 atom stereocenters. The normalized spacial score (nSPS) is 12.6. The first-order chi connectivity index (χ1) is 7.88. The topological polar surface area (TPSA) is 38.7 Å². The van der Waals surface area contributed by atoms with Crippen molar-refractivity contribution in [2.75, 3.05) is 33.5 Å². The van der Waals surface area contributed by atoms with Crippen molar-refractivity contribution >= 4 is 0 Å². The molecule has 0 aliphatic carbocycles. The van der Waals surface area contributed by atoms with Crippen LogP contribution in [0.2, 0.25) is 0 Å². The van der Waals surface area contributed by atoms with Crippen molar-refractivity contribution in [3.8, 4) is 0 Å². The highest BCUT2D eigenvalue weighted by Gasteiger charge is 2.09. The molecule has 1 N–H and O–H groups in total. The van der Waals surface area contributed by atoms with Crippen LogP contribution in [0.1, 0.15) is 17.9 Å². The van der Waals surface area contributed by atoms with E-state index in [9.17, 15) is 5.11 Å². The molecule has 0 heterocycles. The van der Waals surface area contributed by atoms with Crippen LogP contribution in [0, 0.1) is 0 Å². The van der Waals surface area contributed by atoms with Gasteiger partial charge in [-0.3, -0.25) is 0 Å². The summed E-state index contributed by atoms with van der Waals surface area (Å²) in [4.78, 5) is 0. The fraction of sp³-hybridized carbons (Fsp3) is 0.538. The van der Waals surface area contributed by atoms with Gasteiger partial charge in [-0.05, 0) is 12.0 Å². The van der Waals surface area contributed by atoms with Gasteiger partial charge in [-0.15, -0.1) is 0 Å². The van der Waals surface area contributed by atoms with Gasteiger partial charge >= 0.3 is 0 Å². The highest BCUT2D eigenvalue weighted by molar-refractivity contribution is 5.19. The smallest absolute Gasteiger partial charge is 0.0700 e. The van der Waals surface area contributed by atoms with E-state index >= 15 is 0 Å². The Balaban J connectivity index is 2.27. The lowest BCUT2D eigenvalue weighted by Gasteiger charge is -2.14. The van der Waals surface area contributed by atoms with Crippen molar-refractivity contribution in [2.24, 2.45) is 0 Å². The first kappa shape index (κ1) is 13.2. The number of ether oxygens (including phenoxy) is 2. The van der Waals surface area contributed by atoms with Crippen LogP contribution < -0.4 is 0 Å². The van der Waals surface area contributed by atoms with Gasteiger partial charge in [0.1, 0.15) is 0 Å². The second kappa shape index (κ2) is 8.28. The van der Waals surface area contributed by atoms with Crippen molar-refractivity contribution < 1.29 is 14.6 Å². The Morgan fingerprint density at radius 1 is 1.12 bits per heavy atom. The van der Waals surface area contributed by atoms with E-state index < -0.39 is 0 Å². The molecule has 90 valence electrons. The van der Waals surface area contributed by atoms with E-state index in [0.29, 0.717) is 19.8 Å². The number of aliphatic hydroxyl groups is 1. The van der Waals surface area contributed by atoms with Crippen LogP contribution in [0.5, 0.6) is 0 Å². The standard InChI is InChI=1S/C13H20O3/c1-15-9-10-16-8-7-13(11-14)12-5-3-2-4-6-12/h2-6,13-14H,7-11H2,1H3. The van der Waals surface area contributed by atoms with Crippen LogP contribution in [0.4, 0.5) is 0 Å². The molecule has 3 nitrogen and oxygen atoms in total. The van der Waals surface area contributed by atoms with Gasteiger partial charge in [0, 0.05) is 19.6 Å². The highest BCUT2D eigenvalue weighted by Crippen LogP contribution is 2.18. The van der Waals surface area contributed by atoms with Crippen LogP contribution in [0.25, 0.3) is 0 Å². The molecule has 1 unspecified atom stereocenters. The Hall–Kier alpha value is -0.900. The summed E-state index contributed by atoms with van der Waals surface area (Å²) in [7, 11) is 1.66. The first-order valence-electron chi connectivity index (χ1n) is 5.61. The zero-order chi connectivity index (χ0) is 11.6. The lowest BCUT2D eigenvalue weighted by molar-refractivity contribution is 0.0642. The van der Waals surface area contributed by atoms with Crippen molar-refractivity contribution in [3.63, 3.8) is 0 Å². The lowest BCUT2D eigenvalue weighted by Crippen LogP contribution is -2.10. The summed E-state index contributed by atoms with van der Waals surface area (Å²) in [6.07, 6.45) is 0.838. The first-order valence-corrected chi connectivity index (χ1v) is 5.61. The van der Waals surface area contributed by atoms with Crippen molar-refractivity contribution in [1.29, 1.82) is 0 Å². The number of hydrogen-bond acceptors (Lipinski definition) is 3. The van der Waals surface area contributed by atoms with Crippen LogP contribution in [0.15, 0.2) is 30.3 Å². The molecule has 16 heavy (non-hydrogen) atoms. The van der Waals surface area contributed by atoms with E-state index in [4.69, 9.17) is 9.47 Å². The van der Waals surface area contributed by atoms with Gasteiger partial charge in [0.15, 0.2) is 0 Å². The van der Waals surface area contributed by atoms with Crippen molar-refractivity contribution in [3.05, 3.63) is 35.9 Å². The van der Waals surface area contributed by atoms with Gasteiger partial charge in [-0.1, -0.05) is 30.3 Å². The Morgan fingerprint density at radius 2 is 1.88 bits per heavy atom. The third-order valence-electron chi connectivity index (χ3n) is 2.53. The van der Waals surface area contributed by atoms with E-state index in [-0.39, 0.29) is 12.5 Å². The lowest BCUT2D eigenvalue weighted by atomic mass is 9.97. The third kappa shape index (κ3) is 4.75. The summed E-state index contributed by atoms with van der Waals surface area (Å²) < 4.78 is 10.3. The predicted molar refractivity (Wildman–Crippen MR) is 63.6 cm³/mol. The third-order valence-corrected chi connectivity index (χ3v) is 2.53. The van der Waals surface area contributed by atoms with Crippen LogP contribution in [-0.2, 0) is 9.47 Å². The number of benzene rings is 1. The Labute approximate surface area is 97.0 Å². The summed E-state index contributed by atoms with van der Waals surface area (Å²) in [5.41, 5.74) is 1.17. The molecular weight excluding hydrogens is 204 g/mol. The zero-order valence-electron chi connectivity index (χ0n) is 9.76. The number of methoxy groups -OCH3 is 1. The molecule has 1 aromatic carbocycles. The summed E-state index contributed by atoms with van der Waals surface area (Å²) >= 11 is 0. The molecule has 0 bridgehead atoms. The van der Waals surface area contributed by atoms with Crippen molar-refractivity contribution in [1.82, 2.24) is 0 Å². The summed E-state index contributed by atoms with van der Waals surface area (Å²) in [5.74, 6) is 0.170. The Kier molecular flexibility index (Phi) is 6.81. The number of aliphatic hydroxyl groups excluding tert-OH is 1. The molecule has 0 radical (unpaired) electrons. The minimum Gasteiger partial charge on any atom is -0.396 e. The Bertz CT molecular complexity index is 261. The van der Waals surface area contributed by atoms with E-state index in [1.807, 2.05) is 30.3 Å². The fourth-order valence-corrected chi connectivity index (χ4v) is 1.56. The zero-order valence-corrected chi connectivity index (χ0v) is 9.76. The van der Waals surface area contributed by atoms with Gasteiger partial charge in [-0.25, -0.2) is 0 Å². The monoisotopic (exact) mass is 224 g/mol. The number of rotatable bonds is 8. The SMILES string of the molecule is COCCOCCC(CO)c1ccccc1. The molecule has 0 aliphatic heterocycles. The second-order valence-corrected chi connectivity index (χ2v) is 3.68. The molecular formula is C13H20O3. The number of hydrogen-bond donors (Lipinski definition) is 1. The molecule has 1 rings (SSSR count). The molecule has 0 aliphatic rings. The van der Waals surface area contributed by atoms with E-state index in [2.05, 4.69) is 0 Å². The Morgan fingerprint density at radius 3 is 2.50 bits per heavy atom. The highest BCUT2D eigenvalue weighted by atomic mass is 16.5. The van der Waals surface area contributed by atoms with Gasteiger partial charge in [0.2, 0.25) is 0 Å². The molecule has 3 heteroatoms. The van der Waals surface area contributed by atoms with Gasteiger partial charge in [0.25, 0.3) is 0 Å². The summed E-state index contributed by atoms with van der Waals surface area (Å²) in [6, 6.07) is 10.0. The molecule has 0 saturated carbocycles. The molecule has 0 aromatic heterocycles. The summed E-state index contributed by atoms with van der Waals surface area (Å²) in [6.45, 7) is 2.06. The summed E-state index contributed by atoms with van der Waals surface area (Å²) in [5, 5.41) is 9.30. The average Bonchev–Trinajstić information content (AvgIpc) is 2.35. The molecule has 1 aromatic rings. The van der Waals surface area contributed by atoms with Gasteiger partial charge in [0.05, 0.1) is 19.8 Å². The second-order valence-electron chi connectivity index (χ2n) is 3.68. The minimum absolute atomic E-state index is 0.164. The van der Waals surface area contributed by atoms with Gasteiger partial charge < -0.3 is 14.6 Å². The minimum atomic E-state index is 0.164. The molecule has 0 amide bonds. The van der Waals surface area contributed by atoms with Crippen molar-refractivity contribution in [2.45, 2.75) is 12.3 Å². The van der Waals surface area contributed by atoms with E-state index in [1.165, 1.54) is 5.56 Å². The fourth-order valence-electron chi connectivity index (χ4n) is 1.56. The van der Waals surface area contributed by atoms with E-state index in [0.717, 1.165) is 6.42 Å². The maximum atomic E-state index is 9.30. The maximum Gasteiger partial charge on any atom is 0.0700 e. The molecule has 0 saturated heterocycles. The van der Waals surface area contributed by atoms with Crippen LogP contribution >= 0.6 is 0 Å². The van der Waals surface area contributed by atoms with Crippen LogP contribution in [0.3, 0.4) is 0 Å². The quantitative estimate of drug-likeness (QED) is 0.684. The predicted octanol–water partition coefficient (Wildman–Crippen LogP) is 1.82.